The summed E-state index contributed by atoms with van der Waals surface area (Å²) in [6, 6.07) is 18.1. The number of benzene rings is 2. The SMILES string of the molecule is Cc1ccccc1Sc1ccccc1C#N. The van der Waals surface area contributed by atoms with Crippen molar-refractivity contribution in [2.75, 3.05) is 0 Å². The van der Waals surface area contributed by atoms with E-state index in [1.807, 2.05) is 36.4 Å². The molecular formula is C14H11NS. The summed E-state index contributed by atoms with van der Waals surface area (Å²) in [6.07, 6.45) is 0. The van der Waals surface area contributed by atoms with Crippen LogP contribution in [-0.2, 0) is 0 Å². The molecule has 0 aromatic heterocycles. The van der Waals surface area contributed by atoms with Crippen molar-refractivity contribution in [3.05, 3.63) is 59.7 Å². The van der Waals surface area contributed by atoms with E-state index in [9.17, 15) is 0 Å². The first-order chi connectivity index (χ1) is 7.81. The first-order valence-electron chi connectivity index (χ1n) is 5.04. The summed E-state index contributed by atoms with van der Waals surface area (Å²) in [6.45, 7) is 2.08. The zero-order chi connectivity index (χ0) is 11.4. The Hall–Kier alpha value is -1.72. The third-order valence-corrected chi connectivity index (χ3v) is 3.57. The highest BCUT2D eigenvalue weighted by Crippen LogP contribution is 2.31. The van der Waals surface area contributed by atoms with E-state index in [-0.39, 0.29) is 0 Å². The summed E-state index contributed by atoms with van der Waals surface area (Å²) in [7, 11) is 0. The van der Waals surface area contributed by atoms with Gasteiger partial charge in [0.1, 0.15) is 6.07 Å². The quantitative estimate of drug-likeness (QED) is 0.770. The predicted molar refractivity (Wildman–Crippen MR) is 66.5 cm³/mol. The Morgan fingerprint density at radius 3 is 2.25 bits per heavy atom. The lowest BCUT2D eigenvalue weighted by Gasteiger charge is -2.06. The van der Waals surface area contributed by atoms with E-state index in [4.69, 9.17) is 5.26 Å². The van der Waals surface area contributed by atoms with Crippen molar-refractivity contribution in [1.82, 2.24) is 0 Å². The summed E-state index contributed by atoms with van der Waals surface area (Å²) in [5, 5.41) is 9.00. The van der Waals surface area contributed by atoms with Crippen LogP contribution in [0.1, 0.15) is 11.1 Å². The second-order valence-corrected chi connectivity index (χ2v) is 4.56. The highest BCUT2D eigenvalue weighted by atomic mass is 32.2. The number of hydrogen-bond donors (Lipinski definition) is 0. The van der Waals surface area contributed by atoms with Crippen LogP contribution in [0.4, 0.5) is 0 Å². The zero-order valence-corrected chi connectivity index (χ0v) is 9.79. The van der Waals surface area contributed by atoms with Crippen molar-refractivity contribution >= 4 is 11.8 Å². The van der Waals surface area contributed by atoms with Crippen LogP contribution in [0.2, 0.25) is 0 Å². The van der Waals surface area contributed by atoms with Crippen molar-refractivity contribution in [3.63, 3.8) is 0 Å². The topological polar surface area (TPSA) is 23.8 Å². The van der Waals surface area contributed by atoms with Gasteiger partial charge in [-0.25, -0.2) is 0 Å². The van der Waals surface area contributed by atoms with Gasteiger partial charge in [0, 0.05) is 9.79 Å². The van der Waals surface area contributed by atoms with Crippen molar-refractivity contribution in [3.8, 4) is 6.07 Å². The molecule has 2 aromatic carbocycles. The molecule has 2 rings (SSSR count). The van der Waals surface area contributed by atoms with Crippen LogP contribution in [0.5, 0.6) is 0 Å². The predicted octanol–water partition coefficient (Wildman–Crippen LogP) is 4.02. The normalized spacial score (nSPS) is 9.75. The third-order valence-electron chi connectivity index (χ3n) is 2.32. The maximum atomic E-state index is 9.00. The van der Waals surface area contributed by atoms with Crippen LogP contribution in [-0.4, -0.2) is 0 Å². The summed E-state index contributed by atoms with van der Waals surface area (Å²) in [5.74, 6) is 0. The zero-order valence-electron chi connectivity index (χ0n) is 8.97. The second-order valence-electron chi connectivity index (χ2n) is 3.48. The lowest BCUT2D eigenvalue weighted by molar-refractivity contribution is 1.28. The Labute approximate surface area is 99.7 Å². The Bertz CT molecular complexity index is 540. The molecule has 0 aliphatic heterocycles. The standard InChI is InChI=1S/C14H11NS/c1-11-6-2-4-8-13(11)16-14-9-5-3-7-12(14)10-15/h2-9H,1H3. The first-order valence-corrected chi connectivity index (χ1v) is 5.85. The minimum atomic E-state index is 0.732. The molecule has 0 aliphatic carbocycles. The Balaban J connectivity index is 2.35. The van der Waals surface area contributed by atoms with Crippen LogP contribution >= 0.6 is 11.8 Å². The van der Waals surface area contributed by atoms with Gasteiger partial charge in [-0.2, -0.15) is 5.26 Å². The number of aryl methyl sites for hydroxylation is 1. The fourth-order valence-electron chi connectivity index (χ4n) is 1.44. The molecule has 78 valence electrons. The number of nitrogens with zero attached hydrogens (tertiary/aromatic N) is 1. The monoisotopic (exact) mass is 225 g/mol. The molecule has 0 spiro atoms. The maximum Gasteiger partial charge on any atom is 0.100 e. The maximum absolute atomic E-state index is 9.00. The average Bonchev–Trinajstić information content (AvgIpc) is 2.33. The van der Waals surface area contributed by atoms with Crippen LogP contribution in [0.3, 0.4) is 0 Å². The average molecular weight is 225 g/mol. The van der Waals surface area contributed by atoms with Gasteiger partial charge in [-0.3, -0.25) is 0 Å². The molecule has 0 bridgehead atoms. The second kappa shape index (κ2) is 4.87. The minimum Gasteiger partial charge on any atom is -0.192 e. The van der Waals surface area contributed by atoms with Gasteiger partial charge in [0.05, 0.1) is 5.56 Å². The summed E-state index contributed by atoms with van der Waals surface area (Å²) >= 11 is 1.64. The molecule has 16 heavy (non-hydrogen) atoms. The third kappa shape index (κ3) is 2.26. The van der Waals surface area contributed by atoms with E-state index in [1.54, 1.807) is 11.8 Å². The van der Waals surface area contributed by atoms with Crippen molar-refractivity contribution in [2.24, 2.45) is 0 Å². The lowest BCUT2D eigenvalue weighted by atomic mass is 10.2. The molecule has 2 heteroatoms. The number of hydrogen-bond acceptors (Lipinski definition) is 2. The molecule has 0 unspecified atom stereocenters. The van der Waals surface area contributed by atoms with Gasteiger partial charge in [-0.05, 0) is 30.7 Å². The van der Waals surface area contributed by atoms with E-state index < -0.39 is 0 Å². The van der Waals surface area contributed by atoms with Gasteiger partial charge >= 0.3 is 0 Å². The minimum absolute atomic E-state index is 0.732. The molecule has 0 saturated carbocycles. The van der Waals surface area contributed by atoms with E-state index >= 15 is 0 Å². The van der Waals surface area contributed by atoms with Gasteiger partial charge in [0.25, 0.3) is 0 Å². The molecule has 0 N–H and O–H groups in total. The molecule has 0 heterocycles. The highest BCUT2D eigenvalue weighted by Gasteiger charge is 2.04. The largest absolute Gasteiger partial charge is 0.192 e. The van der Waals surface area contributed by atoms with Gasteiger partial charge < -0.3 is 0 Å². The van der Waals surface area contributed by atoms with Crippen molar-refractivity contribution in [1.29, 1.82) is 5.26 Å². The van der Waals surface area contributed by atoms with E-state index in [0.29, 0.717) is 0 Å². The molecule has 0 atom stereocenters. The van der Waals surface area contributed by atoms with Gasteiger partial charge in [0.2, 0.25) is 0 Å². The highest BCUT2D eigenvalue weighted by molar-refractivity contribution is 7.99. The van der Waals surface area contributed by atoms with E-state index in [0.717, 1.165) is 10.5 Å². The molecule has 1 nitrogen and oxygen atoms in total. The summed E-state index contributed by atoms with van der Waals surface area (Å²) < 4.78 is 0. The lowest BCUT2D eigenvalue weighted by Crippen LogP contribution is -1.82. The van der Waals surface area contributed by atoms with E-state index in [2.05, 4.69) is 25.1 Å². The number of rotatable bonds is 2. The van der Waals surface area contributed by atoms with Crippen LogP contribution in [0.25, 0.3) is 0 Å². The van der Waals surface area contributed by atoms with Crippen molar-refractivity contribution < 1.29 is 0 Å². The Morgan fingerprint density at radius 1 is 0.938 bits per heavy atom. The van der Waals surface area contributed by atoms with Gasteiger partial charge in [0.15, 0.2) is 0 Å². The summed E-state index contributed by atoms with van der Waals surface area (Å²) in [4.78, 5) is 2.21. The van der Waals surface area contributed by atoms with Crippen molar-refractivity contribution in [2.45, 2.75) is 16.7 Å². The molecule has 0 saturated heterocycles. The fourth-order valence-corrected chi connectivity index (χ4v) is 2.42. The molecule has 0 fully saturated rings. The van der Waals surface area contributed by atoms with Gasteiger partial charge in [-0.15, -0.1) is 0 Å². The molecular weight excluding hydrogens is 214 g/mol. The van der Waals surface area contributed by atoms with Crippen LogP contribution < -0.4 is 0 Å². The van der Waals surface area contributed by atoms with E-state index in [1.165, 1.54) is 10.5 Å². The van der Waals surface area contributed by atoms with Crippen LogP contribution in [0, 0.1) is 18.3 Å². The number of nitriles is 1. The fraction of sp³-hybridized carbons (Fsp3) is 0.0714. The Kier molecular flexibility index (Phi) is 3.28. The summed E-state index contributed by atoms with van der Waals surface area (Å²) in [5.41, 5.74) is 1.97. The van der Waals surface area contributed by atoms with Crippen LogP contribution in [0.15, 0.2) is 58.3 Å². The first kappa shape index (κ1) is 10.8. The Morgan fingerprint density at radius 2 is 1.56 bits per heavy atom. The molecule has 2 aromatic rings. The molecule has 0 radical (unpaired) electrons. The molecule has 0 amide bonds. The smallest absolute Gasteiger partial charge is 0.100 e. The van der Waals surface area contributed by atoms with Gasteiger partial charge in [-0.1, -0.05) is 42.1 Å². The molecule has 0 aliphatic rings.